The molecule has 8 heteroatoms. The monoisotopic (exact) mass is 448 g/mol. The van der Waals surface area contributed by atoms with Crippen molar-refractivity contribution in [2.75, 3.05) is 31.1 Å². The summed E-state index contributed by atoms with van der Waals surface area (Å²) in [5.74, 6) is 1.01. The van der Waals surface area contributed by atoms with Crippen LogP contribution in [0, 0.1) is 0 Å². The van der Waals surface area contributed by atoms with E-state index in [1.54, 1.807) is 10.9 Å². The Kier molecular flexibility index (Phi) is 6.37. The lowest BCUT2D eigenvalue weighted by Gasteiger charge is -2.23. The van der Waals surface area contributed by atoms with Crippen molar-refractivity contribution in [2.45, 2.75) is 6.42 Å². The zero-order valence-electron chi connectivity index (χ0n) is 17.9. The third-order valence-electron chi connectivity index (χ3n) is 5.70. The summed E-state index contributed by atoms with van der Waals surface area (Å²) in [4.78, 5) is 27.1. The van der Waals surface area contributed by atoms with Gasteiger partial charge in [0.05, 0.1) is 23.0 Å². The van der Waals surface area contributed by atoms with E-state index in [0.29, 0.717) is 12.1 Å². The predicted octanol–water partition coefficient (Wildman–Crippen LogP) is 3.80. The molecule has 1 aliphatic rings. The SMILES string of the molecule is Cl.Cn1cc(-c2cc(C(=O)N3CCCN(c4ccccn4)CC3)c3ccccc3n2)cn1. The second-order valence-electron chi connectivity index (χ2n) is 7.80. The molecular formula is C24H25ClN6O. The average Bonchev–Trinajstić information content (AvgIpc) is 3.10. The van der Waals surface area contributed by atoms with Crippen LogP contribution in [0.4, 0.5) is 5.82 Å². The number of fused-ring (bicyclic) bond motifs is 1. The van der Waals surface area contributed by atoms with Gasteiger partial charge in [0.1, 0.15) is 5.82 Å². The molecule has 5 rings (SSSR count). The van der Waals surface area contributed by atoms with Crippen molar-refractivity contribution in [3.8, 4) is 11.3 Å². The maximum Gasteiger partial charge on any atom is 0.254 e. The maximum atomic E-state index is 13.6. The lowest BCUT2D eigenvalue weighted by molar-refractivity contribution is 0.0769. The zero-order chi connectivity index (χ0) is 21.2. The third-order valence-corrected chi connectivity index (χ3v) is 5.70. The Morgan fingerprint density at radius 3 is 2.62 bits per heavy atom. The molecule has 32 heavy (non-hydrogen) atoms. The van der Waals surface area contributed by atoms with E-state index in [0.717, 1.165) is 54.0 Å². The number of aromatic nitrogens is 4. The van der Waals surface area contributed by atoms with Gasteiger partial charge >= 0.3 is 0 Å². The largest absolute Gasteiger partial charge is 0.355 e. The van der Waals surface area contributed by atoms with Gasteiger partial charge in [0.2, 0.25) is 0 Å². The number of rotatable bonds is 3. The lowest BCUT2D eigenvalue weighted by atomic mass is 10.0. The summed E-state index contributed by atoms with van der Waals surface area (Å²) in [7, 11) is 1.88. The number of amides is 1. The Morgan fingerprint density at radius 2 is 1.84 bits per heavy atom. The molecule has 1 aliphatic heterocycles. The van der Waals surface area contributed by atoms with Gasteiger partial charge in [0.25, 0.3) is 5.91 Å². The van der Waals surface area contributed by atoms with Crippen LogP contribution in [0.5, 0.6) is 0 Å². The summed E-state index contributed by atoms with van der Waals surface area (Å²) in [5, 5.41) is 5.14. The fourth-order valence-electron chi connectivity index (χ4n) is 4.11. The van der Waals surface area contributed by atoms with Crippen LogP contribution in [0.3, 0.4) is 0 Å². The Balaban J connectivity index is 0.00000245. The number of nitrogens with zero attached hydrogens (tertiary/aromatic N) is 6. The quantitative estimate of drug-likeness (QED) is 0.477. The van der Waals surface area contributed by atoms with Gasteiger partial charge in [-0.15, -0.1) is 12.4 Å². The zero-order valence-corrected chi connectivity index (χ0v) is 18.7. The molecule has 4 aromatic rings. The van der Waals surface area contributed by atoms with Gasteiger partial charge in [-0.1, -0.05) is 24.3 Å². The normalized spacial score (nSPS) is 14.2. The van der Waals surface area contributed by atoms with E-state index >= 15 is 0 Å². The molecule has 3 aromatic heterocycles. The maximum absolute atomic E-state index is 13.6. The van der Waals surface area contributed by atoms with E-state index in [9.17, 15) is 4.79 Å². The first kappa shape index (κ1) is 21.8. The summed E-state index contributed by atoms with van der Waals surface area (Å²) in [5.41, 5.74) is 3.17. The Labute approximate surface area is 193 Å². The molecule has 0 radical (unpaired) electrons. The van der Waals surface area contributed by atoms with Crippen LogP contribution in [0.2, 0.25) is 0 Å². The number of hydrogen-bond acceptors (Lipinski definition) is 5. The molecule has 0 spiro atoms. The smallest absolute Gasteiger partial charge is 0.254 e. The van der Waals surface area contributed by atoms with Crippen molar-refractivity contribution in [3.63, 3.8) is 0 Å². The molecule has 1 saturated heterocycles. The summed E-state index contributed by atoms with van der Waals surface area (Å²) < 4.78 is 1.74. The highest BCUT2D eigenvalue weighted by Gasteiger charge is 2.23. The van der Waals surface area contributed by atoms with Crippen LogP contribution in [0.1, 0.15) is 16.8 Å². The van der Waals surface area contributed by atoms with Crippen molar-refractivity contribution >= 4 is 35.0 Å². The van der Waals surface area contributed by atoms with Gasteiger partial charge in [-0.2, -0.15) is 5.10 Å². The number of aryl methyl sites for hydroxylation is 1. The molecule has 0 aliphatic carbocycles. The second-order valence-corrected chi connectivity index (χ2v) is 7.80. The molecule has 0 unspecified atom stereocenters. The minimum Gasteiger partial charge on any atom is -0.355 e. The van der Waals surface area contributed by atoms with Gasteiger partial charge in [0.15, 0.2) is 0 Å². The first-order valence-electron chi connectivity index (χ1n) is 10.5. The van der Waals surface area contributed by atoms with Crippen LogP contribution in [-0.4, -0.2) is 56.7 Å². The Hall–Kier alpha value is -3.45. The molecule has 0 saturated carbocycles. The van der Waals surface area contributed by atoms with Crippen molar-refractivity contribution < 1.29 is 4.79 Å². The van der Waals surface area contributed by atoms with Crippen molar-refractivity contribution in [2.24, 2.45) is 7.05 Å². The van der Waals surface area contributed by atoms with Crippen LogP contribution in [-0.2, 0) is 7.05 Å². The first-order chi connectivity index (χ1) is 15.2. The highest BCUT2D eigenvalue weighted by atomic mass is 35.5. The molecular weight excluding hydrogens is 424 g/mol. The highest BCUT2D eigenvalue weighted by Crippen LogP contribution is 2.26. The lowest BCUT2D eigenvalue weighted by Crippen LogP contribution is -2.35. The van der Waals surface area contributed by atoms with Gasteiger partial charge in [0, 0.05) is 56.6 Å². The molecule has 164 valence electrons. The van der Waals surface area contributed by atoms with Gasteiger partial charge in [-0.25, -0.2) is 9.97 Å². The number of para-hydroxylation sites is 1. The number of halogens is 1. The van der Waals surface area contributed by atoms with Crippen LogP contribution in [0.15, 0.2) is 67.1 Å². The van der Waals surface area contributed by atoms with Crippen LogP contribution in [0.25, 0.3) is 22.2 Å². The van der Waals surface area contributed by atoms with E-state index < -0.39 is 0 Å². The number of carbonyl (C=O) groups is 1. The molecule has 0 bridgehead atoms. The number of benzene rings is 1. The van der Waals surface area contributed by atoms with Gasteiger partial charge in [-0.05, 0) is 30.7 Å². The van der Waals surface area contributed by atoms with E-state index in [4.69, 9.17) is 4.98 Å². The minimum absolute atomic E-state index is 0. The van der Waals surface area contributed by atoms with Crippen molar-refractivity contribution in [1.29, 1.82) is 0 Å². The summed E-state index contributed by atoms with van der Waals surface area (Å²) >= 11 is 0. The van der Waals surface area contributed by atoms with Gasteiger partial charge in [-0.3, -0.25) is 9.48 Å². The van der Waals surface area contributed by atoms with Gasteiger partial charge < -0.3 is 9.80 Å². The predicted molar refractivity (Wildman–Crippen MR) is 128 cm³/mol. The fourth-order valence-corrected chi connectivity index (χ4v) is 4.11. The van der Waals surface area contributed by atoms with Crippen molar-refractivity contribution in [1.82, 2.24) is 24.6 Å². The molecule has 1 amide bonds. The van der Waals surface area contributed by atoms with Crippen LogP contribution >= 0.6 is 12.4 Å². The van der Waals surface area contributed by atoms with Crippen molar-refractivity contribution in [3.05, 3.63) is 72.7 Å². The molecule has 4 heterocycles. The highest BCUT2D eigenvalue weighted by molar-refractivity contribution is 6.07. The minimum atomic E-state index is 0. The fraction of sp³-hybridized carbons (Fsp3) is 0.250. The summed E-state index contributed by atoms with van der Waals surface area (Å²) in [6, 6.07) is 15.7. The second kappa shape index (κ2) is 9.36. The molecule has 1 fully saturated rings. The third kappa shape index (κ3) is 4.29. The number of anilines is 1. The summed E-state index contributed by atoms with van der Waals surface area (Å²) in [6.45, 7) is 3.04. The molecule has 0 atom stereocenters. The average molecular weight is 449 g/mol. The molecule has 0 N–H and O–H groups in total. The standard InChI is InChI=1S/C24H24N6O.ClH/c1-28-17-18(16-26-28)22-15-20(19-7-2-3-8-21(19)27-22)24(31)30-12-6-11-29(13-14-30)23-9-4-5-10-25-23;/h2-5,7-10,15-17H,6,11-14H2,1H3;1H. The topological polar surface area (TPSA) is 67.2 Å². The molecule has 7 nitrogen and oxygen atoms in total. The van der Waals surface area contributed by atoms with E-state index in [-0.39, 0.29) is 18.3 Å². The number of carbonyl (C=O) groups excluding carboxylic acids is 1. The number of pyridine rings is 2. The van der Waals surface area contributed by atoms with E-state index in [1.165, 1.54) is 0 Å². The summed E-state index contributed by atoms with van der Waals surface area (Å²) in [6.07, 6.45) is 6.41. The first-order valence-corrected chi connectivity index (χ1v) is 10.5. The Morgan fingerprint density at radius 1 is 1.00 bits per heavy atom. The Bertz CT molecular complexity index is 1230. The van der Waals surface area contributed by atoms with Crippen LogP contribution < -0.4 is 4.90 Å². The van der Waals surface area contributed by atoms with E-state index in [2.05, 4.69) is 15.0 Å². The van der Waals surface area contributed by atoms with E-state index in [1.807, 2.05) is 72.9 Å². The number of hydrogen-bond donors (Lipinski definition) is 0. The molecule has 1 aromatic carbocycles.